The number of hydrogen-bond acceptors (Lipinski definition) is 2. The quantitative estimate of drug-likeness (QED) is 0.803. The molecule has 0 aliphatic carbocycles. The molecule has 0 fully saturated rings. The first-order valence-electron chi connectivity index (χ1n) is 6.41. The van der Waals surface area contributed by atoms with E-state index in [9.17, 15) is 0 Å². The molecule has 0 aromatic carbocycles. The maximum Gasteiger partial charge on any atom is 0.133 e. The second-order valence-corrected chi connectivity index (χ2v) is 7.88. The zero-order chi connectivity index (χ0) is 14.0. The molecule has 0 N–H and O–H groups in total. The second kappa shape index (κ2) is 5.52. The van der Waals surface area contributed by atoms with Gasteiger partial charge in [0.05, 0.1) is 0 Å². The normalized spacial score (nSPS) is 13.5. The van der Waals surface area contributed by atoms with Gasteiger partial charge in [-0.1, -0.05) is 41.5 Å². The Hall–Kier alpha value is -0.700. The number of hydrogen-bond donors (Lipinski definition) is 0. The van der Waals surface area contributed by atoms with Crippen LogP contribution in [0.5, 0.6) is 0 Å². The molecule has 0 bridgehead atoms. The number of nitrogens with zero attached hydrogens (tertiary/aromatic N) is 2. The third-order valence-corrected chi connectivity index (χ3v) is 3.98. The van der Waals surface area contributed by atoms with Crippen LogP contribution in [0, 0.1) is 5.41 Å². The molecule has 102 valence electrons. The van der Waals surface area contributed by atoms with Gasteiger partial charge in [-0.05, 0) is 16.9 Å². The summed E-state index contributed by atoms with van der Waals surface area (Å²) < 4.78 is 2.17. The van der Waals surface area contributed by atoms with Crippen LogP contribution in [0.4, 0.5) is 0 Å². The minimum Gasteiger partial charge on any atom is -0.331 e. The maximum atomic E-state index is 4.48. The van der Waals surface area contributed by atoms with Crippen LogP contribution in [-0.2, 0) is 12.5 Å². The van der Waals surface area contributed by atoms with Crippen LogP contribution in [0.15, 0.2) is 11.6 Å². The maximum absolute atomic E-state index is 4.48. The summed E-state index contributed by atoms with van der Waals surface area (Å²) in [6.07, 6.45) is 4.08. The Morgan fingerprint density at radius 3 is 2.28 bits per heavy atom. The fraction of sp³-hybridized carbons (Fsp3) is 0.667. The van der Waals surface area contributed by atoms with E-state index in [0.29, 0.717) is 5.41 Å². The monoisotopic (exact) mass is 266 g/mol. The van der Waals surface area contributed by atoms with Crippen molar-refractivity contribution >= 4 is 17.8 Å². The first-order chi connectivity index (χ1) is 8.11. The molecule has 0 saturated carbocycles. The highest BCUT2D eigenvalue weighted by Crippen LogP contribution is 2.24. The van der Waals surface area contributed by atoms with Gasteiger partial charge in [0.1, 0.15) is 5.82 Å². The fourth-order valence-electron chi connectivity index (χ4n) is 1.68. The predicted octanol–water partition coefficient (Wildman–Crippen LogP) is 4.47. The molecule has 1 rings (SSSR count). The van der Waals surface area contributed by atoms with Crippen molar-refractivity contribution in [3.05, 3.63) is 23.1 Å². The van der Waals surface area contributed by atoms with Gasteiger partial charge in [-0.2, -0.15) is 0 Å². The molecule has 0 radical (unpaired) electrons. The van der Waals surface area contributed by atoms with Crippen molar-refractivity contribution in [2.45, 2.75) is 47.0 Å². The standard InChI is InChI=1S/C15H26N2S/c1-14(2,3)11-18-9-8-13-16-10-12(17(13)7)15(4,5)6/h8-10H,11H2,1-7H3/b9-8+. The highest BCUT2D eigenvalue weighted by molar-refractivity contribution is 8.02. The third kappa shape index (κ3) is 4.52. The molecule has 18 heavy (non-hydrogen) atoms. The van der Waals surface area contributed by atoms with Crippen molar-refractivity contribution in [2.24, 2.45) is 12.5 Å². The Morgan fingerprint density at radius 2 is 1.83 bits per heavy atom. The smallest absolute Gasteiger partial charge is 0.133 e. The molecular weight excluding hydrogens is 240 g/mol. The Kier molecular flexibility index (Phi) is 4.71. The van der Waals surface area contributed by atoms with Crippen molar-refractivity contribution in [3.63, 3.8) is 0 Å². The van der Waals surface area contributed by atoms with Gasteiger partial charge >= 0.3 is 0 Å². The number of thioether (sulfide) groups is 1. The molecule has 3 heteroatoms. The summed E-state index contributed by atoms with van der Waals surface area (Å²) in [5.74, 6) is 2.15. The first kappa shape index (κ1) is 15.4. The van der Waals surface area contributed by atoms with Crippen molar-refractivity contribution < 1.29 is 0 Å². The lowest BCUT2D eigenvalue weighted by molar-refractivity contribution is 0.481. The average Bonchev–Trinajstić information content (AvgIpc) is 2.53. The second-order valence-electron chi connectivity index (χ2n) is 6.99. The third-order valence-electron chi connectivity index (χ3n) is 2.62. The summed E-state index contributed by atoms with van der Waals surface area (Å²) in [6, 6.07) is 0. The summed E-state index contributed by atoms with van der Waals surface area (Å²) in [5.41, 5.74) is 1.78. The average molecular weight is 266 g/mol. The van der Waals surface area contributed by atoms with E-state index in [1.54, 1.807) is 0 Å². The van der Waals surface area contributed by atoms with E-state index < -0.39 is 0 Å². The highest BCUT2D eigenvalue weighted by atomic mass is 32.2. The predicted molar refractivity (Wildman–Crippen MR) is 82.9 cm³/mol. The molecular formula is C15H26N2S. The minimum absolute atomic E-state index is 0.145. The lowest BCUT2D eigenvalue weighted by Gasteiger charge is -2.19. The topological polar surface area (TPSA) is 17.8 Å². The van der Waals surface area contributed by atoms with Crippen LogP contribution in [0.1, 0.15) is 53.1 Å². The summed E-state index contributed by atoms with van der Waals surface area (Å²) in [7, 11) is 2.09. The van der Waals surface area contributed by atoms with Gasteiger partial charge in [0.2, 0.25) is 0 Å². The molecule has 1 aromatic heterocycles. The molecule has 1 heterocycles. The molecule has 0 aliphatic rings. The SMILES string of the molecule is Cn1c(C(C)(C)C)cnc1/C=C/SCC(C)(C)C. The molecule has 2 nitrogen and oxygen atoms in total. The molecule has 0 unspecified atom stereocenters. The van der Waals surface area contributed by atoms with Crippen LogP contribution in [0.3, 0.4) is 0 Å². The van der Waals surface area contributed by atoms with Gasteiger partial charge in [-0.25, -0.2) is 4.98 Å². The van der Waals surface area contributed by atoms with Gasteiger partial charge in [0.25, 0.3) is 0 Å². The largest absolute Gasteiger partial charge is 0.331 e. The van der Waals surface area contributed by atoms with E-state index in [1.807, 2.05) is 18.0 Å². The van der Waals surface area contributed by atoms with Crippen LogP contribution in [-0.4, -0.2) is 15.3 Å². The summed E-state index contributed by atoms with van der Waals surface area (Å²) in [6.45, 7) is 13.4. The van der Waals surface area contributed by atoms with E-state index >= 15 is 0 Å². The fourth-order valence-corrected chi connectivity index (χ4v) is 2.50. The number of imidazole rings is 1. The van der Waals surface area contributed by atoms with Gasteiger partial charge < -0.3 is 4.57 Å². The number of rotatable bonds is 3. The van der Waals surface area contributed by atoms with E-state index in [1.165, 1.54) is 5.69 Å². The van der Waals surface area contributed by atoms with E-state index in [0.717, 1.165) is 11.6 Å². The Labute approximate surface area is 116 Å². The lowest BCUT2D eigenvalue weighted by Crippen LogP contribution is -2.16. The zero-order valence-corrected chi connectivity index (χ0v) is 13.6. The Balaban J connectivity index is 2.70. The van der Waals surface area contributed by atoms with E-state index in [-0.39, 0.29) is 5.41 Å². The van der Waals surface area contributed by atoms with Crippen LogP contribution in [0.25, 0.3) is 6.08 Å². The zero-order valence-electron chi connectivity index (χ0n) is 12.7. The molecule has 0 aliphatic heterocycles. The van der Waals surface area contributed by atoms with Gasteiger partial charge in [-0.3, -0.25) is 0 Å². The van der Waals surface area contributed by atoms with Crippen molar-refractivity contribution in [3.8, 4) is 0 Å². The lowest BCUT2D eigenvalue weighted by atomic mass is 9.93. The highest BCUT2D eigenvalue weighted by Gasteiger charge is 2.18. The van der Waals surface area contributed by atoms with Gasteiger partial charge in [0.15, 0.2) is 0 Å². The van der Waals surface area contributed by atoms with Crippen molar-refractivity contribution in [2.75, 3.05) is 5.75 Å². The Morgan fingerprint density at radius 1 is 1.22 bits per heavy atom. The van der Waals surface area contributed by atoms with Gasteiger partial charge in [0, 0.05) is 30.1 Å². The molecule has 0 spiro atoms. The van der Waals surface area contributed by atoms with Crippen molar-refractivity contribution in [1.29, 1.82) is 0 Å². The van der Waals surface area contributed by atoms with Gasteiger partial charge in [-0.15, -0.1) is 11.8 Å². The Bertz CT molecular complexity index is 417. The van der Waals surface area contributed by atoms with Crippen LogP contribution < -0.4 is 0 Å². The van der Waals surface area contributed by atoms with Crippen molar-refractivity contribution in [1.82, 2.24) is 9.55 Å². The summed E-state index contributed by atoms with van der Waals surface area (Å²) >= 11 is 1.85. The molecule has 0 atom stereocenters. The van der Waals surface area contributed by atoms with E-state index in [2.05, 4.69) is 69.6 Å². The summed E-state index contributed by atoms with van der Waals surface area (Å²) in [5, 5.41) is 2.15. The summed E-state index contributed by atoms with van der Waals surface area (Å²) in [4.78, 5) is 4.48. The first-order valence-corrected chi connectivity index (χ1v) is 7.46. The molecule has 1 aromatic rings. The molecule has 0 amide bonds. The van der Waals surface area contributed by atoms with Crippen LogP contribution in [0.2, 0.25) is 0 Å². The minimum atomic E-state index is 0.145. The number of aromatic nitrogens is 2. The molecule has 0 saturated heterocycles. The van der Waals surface area contributed by atoms with Crippen LogP contribution >= 0.6 is 11.8 Å². The van der Waals surface area contributed by atoms with E-state index in [4.69, 9.17) is 0 Å².